The van der Waals surface area contributed by atoms with Gasteiger partial charge < -0.3 is 0 Å². The van der Waals surface area contributed by atoms with Crippen LogP contribution < -0.4 is 0 Å². The van der Waals surface area contributed by atoms with E-state index in [-0.39, 0.29) is 17.7 Å². The topological polar surface area (TPSA) is 65.8 Å². The molecule has 1 rings (SSSR count). The molecular formula is C10H6FN3O. The molecule has 15 heavy (non-hydrogen) atoms. The summed E-state index contributed by atoms with van der Waals surface area (Å²) in [7, 11) is 0. The van der Waals surface area contributed by atoms with Crippen LogP contribution in [0.4, 0.5) is 4.39 Å². The third-order valence-corrected chi connectivity index (χ3v) is 1.61. The molecular weight excluding hydrogens is 197 g/mol. The Bertz CT molecular complexity index is 481. The molecule has 0 N–H and O–H groups in total. The van der Waals surface area contributed by atoms with E-state index < -0.39 is 5.82 Å². The fourth-order valence-electron chi connectivity index (χ4n) is 0.968. The number of nitrogens with zero attached hydrogens (tertiary/aromatic N) is 3. The Morgan fingerprint density at radius 2 is 2.40 bits per heavy atom. The molecule has 5 heteroatoms. The van der Waals surface area contributed by atoms with Crippen molar-refractivity contribution in [2.24, 2.45) is 5.11 Å². The van der Waals surface area contributed by atoms with Gasteiger partial charge in [-0.2, -0.15) is 0 Å². The van der Waals surface area contributed by atoms with Crippen LogP contribution in [0.25, 0.3) is 10.4 Å². The monoisotopic (exact) mass is 203 g/mol. The van der Waals surface area contributed by atoms with Gasteiger partial charge in [0.15, 0.2) is 6.29 Å². The van der Waals surface area contributed by atoms with E-state index in [2.05, 4.69) is 21.9 Å². The van der Waals surface area contributed by atoms with Gasteiger partial charge in [0.05, 0.1) is 12.1 Å². The summed E-state index contributed by atoms with van der Waals surface area (Å²) in [5, 5.41) is 3.19. The molecule has 0 aliphatic rings. The highest BCUT2D eigenvalue weighted by molar-refractivity contribution is 5.79. The van der Waals surface area contributed by atoms with Crippen LogP contribution in [-0.4, -0.2) is 12.8 Å². The first-order valence-electron chi connectivity index (χ1n) is 4.03. The van der Waals surface area contributed by atoms with Crippen molar-refractivity contribution in [2.45, 2.75) is 0 Å². The van der Waals surface area contributed by atoms with Crippen LogP contribution in [0.3, 0.4) is 0 Å². The summed E-state index contributed by atoms with van der Waals surface area (Å²) in [6, 6.07) is 4.16. The van der Waals surface area contributed by atoms with Gasteiger partial charge in [-0.3, -0.25) is 4.79 Å². The molecule has 0 heterocycles. The zero-order chi connectivity index (χ0) is 11.1. The lowest BCUT2D eigenvalue weighted by molar-refractivity contribution is 0.111. The van der Waals surface area contributed by atoms with Crippen LogP contribution in [0.5, 0.6) is 0 Å². The number of aldehydes is 1. The average molecular weight is 203 g/mol. The fraction of sp³-hybridized carbons (Fsp3) is 0.100. The van der Waals surface area contributed by atoms with Gasteiger partial charge in [-0.1, -0.05) is 23.0 Å². The molecule has 0 saturated carbocycles. The first-order chi connectivity index (χ1) is 7.29. The van der Waals surface area contributed by atoms with Gasteiger partial charge in [0.2, 0.25) is 0 Å². The van der Waals surface area contributed by atoms with E-state index in [0.29, 0.717) is 6.29 Å². The Morgan fingerprint density at radius 1 is 1.60 bits per heavy atom. The minimum absolute atomic E-state index is 0.00862. The number of hydrogen-bond acceptors (Lipinski definition) is 2. The molecule has 0 fully saturated rings. The van der Waals surface area contributed by atoms with Crippen LogP contribution >= 0.6 is 0 Å². The van der Waals surface area contributed by atoms with Gasteiger partial charge in [-0.05, 0) is 17.7 Å². The van der Waals surface area contributed by atoms with Crippen molar-refractivity contribution >= 4 is 6.29 Å². The molecule has 4 nitrogen and oxygen atoms in total. The van der Waals surface area contributed by atoms with Crippen LogP contribution in [0.2, 0.25) is 0 Å². The standard InChI is InChI=1S/C10H6FN3O/c11-10-5-1-3-8(9(10)7-15)4-2-6-13-14-12/h1,3,5,7H,6H2. The average Bonchev–Trinajstić information content (AvgIpc) is 2.24. The molecule has 0 aliphatic heterocycles. The highest BCUT2D eigenvalue weighted by Crippen LogP contribution is 2.09. The number of halogens is 1. The first-order valence-corrected chi connectivity index (χ1v) is 4.03. The predicted molar refractivity (Wildman–Crippen MR) is 52.7 cm³/mol. The van der Waals surface area contributed by atoms with Crippen molar-refractivity contribution in [3.05, 3.63) is 45.6 Å². The van der Waals surface area contributed by atoms with Crippen molar-refractivity contribution < 1.29 is 9.18 Å². The van der Waals surface area contributed by atoms with E-state index >= 15 is 0 Å². The molecule has 0 radical (unpaired) electrons. The maximum Gasteiger partial charge on any atom is 0.154 e. The molecule has 0 aromatic heterocycles. The number of carbonyl (C=O) groups excluding carboxylic acids is 1. The van der Waals surface area contributed by atoms with E-state index in [1.54, 1.807) is 0 Å². The second kappa shape index (κ2) is 5.43. The second-order valence-corrected chi connectivity index (χ2v) is 2.51. The Labute approximate surface area is 85.4 Å². The maximum absolute atomic E-state index is 13.0. The number of benzene rings is 1. The molecule has 0 amide bonds. The van der Waals surface area contributed by atoms with Gasteiger partial charge in [0.1, 0.15) is 5.82 Å². The number of carbonyl (C=O) groups is 1. The van der Waals surface area contributed by atoms with Crippen molar-refractivity contribution in [1.82, 2.24) is 0 Å². The summed E-state index contributed by atoms with van der Waals surface area (Å²) in [6.07, 6.45) is 0.410. The van der Waals surface area contributed by atoms with E-state index in [4.69, 9.17) is 5.53 Å². The largest absolute Gasteiger partial charge is 0.298 e. The van der Waals surface area contributed by atoms with Crippen molar-refractivity contribution in [1.29, 1.82) is 0 Å². The van der Waals surface area contributed by atoms with E-state index in [0.717, 1.165) is 0 Å². The highest BCUT2D eigenvalue weighted by Gasteiger charge is 2.03. The van der Waals surface area contributed by atoms with Gasteiger partial charge in [0.25, 0.3) is 0 Å². The minimum Gasteiger partial charge on any atom is -0.298 e. The lowest BCUT2D eigenvalue weighted by Crippen LogP contribution is -1.92. The van der Waals surface area contributed by atoms with Gasteiger partial charge in [0, 0.05) is 10.5 Å². The Morgan fingerprint density at radius 3 is 3.07 bits per heavy atom. The second-order valence-electron chi connectivity index (χ2n) is 2.51. The lowest BCUT2D eigenvalue weighted by Gasteiger charge is -1.96. The molecule has 1 aromatic carbocycles. The highest BCUT2D eigenvalue weighted by atomic mass is 19.1. The molecule has 1 aromatic rings. The molecule has 0 saturated heterocycles. The van der Waals surface area contributed by atoms with Gasteiger partial charge in [-0.15, -0.1) is 0 Å². The fourth-order valence-corrected chi connectivity index (χ4v) is 0.968. The smallest absolute Gasteiger partial charge is 0.154 e. The lowest BCUT2D eigenvalue weighted by atomic mass is 10.1. The van der Waals surface area contributed by atoms with E-state index in [1.807, 2.05) is 0 Å². The minimum atomic E-state index is -0.611. The summed E-state index contributed by atoms with van der Waals surface area (Å²) in [5.74, 6) is 4.45. The predicted octanol–water partition coefficient (Wildman–Crippen LogP) is 2.30. The maximum atomic E-state index is 13.0. The molecule has 0 atom stereocenters. The first kappa shape index (κ1) is 10.8. The zero-order valence-corrected chi connectivity index (χ0v) is 7.64. The zero-order valence-electron chi connectivity index (χ0n) is 7.64. The van der Waals surface area contributed by atoms with Crippen molar-refractivity contribution in [2.75, 3.05) is 6.54 Å². The normalized spacial score (nSPS) is 8.33. The Balaban J connectivity index is 3.02. The summed E-state index contributed by atoms with van der Waals surface area (Å²) in [6.45, 7) is -0.00862. The Hall–Kier alpha value is -2.31. The van der Waals surface area contributed by atoms with Crippen LogP contribution in [0.15, 0.2) is 23.3 Å². The van der Waals surface area contributed by atoms with E-state index in [9.17, 15) is 9.18 Å². The third-order valence-electron chi connectivity index (χ3n) is 1.61. The SMILES string of the molecule is [N-]=[N+]=NCC#Cc1cccc(F)c1C=O. The number of azide groups is 1. The summed E-state index contributed by atoms with van der Waals surface area (Å²) in [4.78, 5) is 13.1. The van der Waals surface area contributed by atoms with Crippen LogP contribution in [-0.2, 0) is 0 Å². The van der Waals surface area contributed by atoms with E-state index in [1.165, 1.54) is 18.2 Å². The Kier molecular flexibility index (Phi) is 3.90. The van der Waals surface area contributed by atoms with Crippen molar-refractivity contribution in [3.63, 3.8) is 0 Å². The number of rotatable bonds is 2. The number of hydrogen-bond donors (Lipinski definition) is 0. The molecule has 0 spiro atoms. The van der Waals surface area contributed by atoms with Crippen LogP contribution in [0, 0.1) is 17.7 Å². The summed E-state index contributed by atoms with van der Waals surface area (Å²) >= 11 is 0. The summed E-state index contributed by atoms with van der Waals surface area (Å²) in [5.41, 5.74) is 8.19. The molecule has 0 unspecified atom stereocenters. The molecule has 0 bridgehead atoms. The molecule has 74 valence electrons. The molecule has 0 aliphatic carbocycles. The quantitative estimate of drug-likeness (QED) is 0.239. The van der Waals surface area contributed by atoms with Crippen LogP contribution in [0.1, 0.15) is 15.9 Å². The van der Waals surface area contributed by atoms with Gasteiger partial charge in [-0.25, -0.2) is 4.39 Å². The van der Waals surface area contributed by atoms with Crippen molar-refractivity contribution in [3.8, 4) is 11.8 Å². The van der Waals surface area contributed by atoms with Gasteiger partial charge >= 0.3 is 0 Å². The third kappa shape index (κ3) is 2.83. The summed E-state index contributed by atoms with van der Waals surface area (Å²) < 4.78 is 13.0.